The molecule has 4 heteroatoms. The number of amides is 1. The van der Waals surface area contributed by atoms with Crippen molar-refractivity contribution < 1.29 is 9.53 Å². The Morgan fingerprint density at radius 3 is 2.55 bits per heavy atom. The van der Waals surface area contributed by atoms with Crippen molar-refractivity contribution in [3.63, 3.8) is 0 Å². The second-order valence-electron chi connectivity index (χ2n) is 6.07. The molecule has 1 atom stereocenters. The van der Waals surface area contributed by atoms with E-state index in [1.807, 2.05) is 32.9 Å². The largest absolute Gasteiger partial charge is 0.444 e. The van der Waals surface area contributed by atoms with E-state index in [9.17, 15) is 4.79 Å². The molecule has 106 valence electrons. The molecule has 1 fully saturated rings. The molecule has 0 spiro atoms. The van der Waals surface area contributed by atoms with Crippen LogP contribution >= 0.6 is 0 Å². The van der Waals surface area contributed by atoms with Crippen molar-refractivity contribution in [2.24, 2.45) is 0 Å². The summed E-state index contributed by atoms with van der Waals surface area (Å²) in [6.45, 7) is 6.34. The fourth-order valence-electron chi connectivity index (χ4n) is 2.43. The molecule has 1 aliphatic rings. The first kappa shape index (κ1) is 14.4. The van der Waals surface area contributed by atoms with Gasteiger partial charge in [0, 0.05) is 6.54 Å². The standard InChI is InChI=1S/C16H20N2O2/c1-16(2,3)20-15(19)18-10-4-5-14(18)13-8-6-12(11-17)7-9-13/h6-9,14H,4-5,10H2,1-3H3/t14-/m0/s1. The Bertz CT molecular complexity index is 523. The van der Waals surface area contributed by atoms with Crippen LogP contribution in [0, 0.1) is 11.3 Å². The molecule has 1 heterocycles. The van der Waals surface area contributed by atoms with Gasteiger partial charge in [-0.1, -0.05) is 12.1 Å². The van der Waals surface area contributed by atoms with Crippen LogP contribution in [0.15, 0.2) is 24.3 Å². The lowest BCUT2D eigenvalue weighted by atomic mass is 10.0. The molecule has 0 radical (unpaired) electrons. The monoisotopic (exact) mass is 272 g/mol. The first-order chi connectivity index (χ1) is 9.40. The number of carbonyl (C=O) groups excluding carboxylic acids is 1. The average Bonchev–Trinajstić information content (AvgIpc) is 2.86. The maximum Gasteiger partial charge on any atom is 0.410 e. The molecule has 0 aliphatic carbocycles. The molecule has 0 N–H and O–H groups in total. The van der Waals surface area contributed by atoms with Gasteiger partial charge in [-0.3, -0.25) is 0 Å². The Morgan fingerprint density at radius 1 is 1.35 bits per heavy atom. The fraction of sp³-hybridized carbons (Fsp3) is 0.500. The van der Waals surface area contributed by atoms with Crippen LogP contribution in [0.5, 0.6) is 0 Å². The third-order valence-corrected chi connectivity index (χ3v) is 3.31. The summed E-state index contributed by atoms with van der Waals surface area (Å²) in [5, 5.41) is 8.83. The summed E-state index contributed by atoms with van der Waals surface area (Å²) in [5.74, 6) is 0. The van der Waals surface area contributed by atoms with Gasteiger partial charge in [-0.15, -0.1) is 0 Å². The van der Waals surface area contributed by atoms with E-state index in [0.717, 1.165) is 24.9 Å². The van der Waals surface area contributed by atoms with E-state index in [2.05, 4.69) is 6.07 Å². The molecule has 0 bridgehead atoms. The van der Waals surface area contributed by atoms with Crippen LogP contribution in [0.1, 0.15) is 50.8 Å². The number of benzene rings is 1. The van der Waals surface area contributed by atoms with Crippen molar-refractivity contribution in [3.8, 4) is 6.07 Å². The quantitative estimate of drug-likeness (QED) is 0.784. The van der Waals surface area contributed by atoms with Crippen LogP contribution in [0.2, 0.25) is 0 Å². The van der Waals surface area contributed by atoms with Gasteiger partial charge in [0.2, 0.25) is 0 Å². The summed E-state index contributed by atoms with van der Waals surface area (Å²) < 4.78 is 5.45. The lowest BCUT2D eigenvalue weighted by Gasteiger charge is -2.28. The maximum atomic E-state index is 12.2. The molecular weight excluding hydrogens is 252 g/mol. The number of carbonyl (C=O) groups is 1. The second-order valence-corrected chi connectivity index (χ2v) is 6.07. The van der Waals surface area contributed by atoms with E-state index in [4.69, 9.17) is 10.00 Å². The molecule has 4 nitrogen and oxygen atoms in total. The van der Waals surface area contributed by atoms with Crippen molar-refractivity contribution in [1.29, 1.82) is 5.26 Å². The summed E-state index contributed by atoms with van der Waals surface area (Å²) in [7, 11) is 0. The van der Waals surface area contributed by atoms with E-state index in [0.29, 0.717) is 5.56 Å². The SMILES string of the molecule is CC(C)(C)OC(=O)N1CCC[C@H]1c1ccc(C#N)cc1. The first-order valence-corrected chi connectivity index (χ1v) is 6.90. The van der Waals surface area contributed by atoms with Crippen LogP contribution in [0.25, 0.3) is 0 Å². The number of nitriles is 1. The molecule has 1 aromatic carbocycles. The van der Waals surface area contributed by atoms with E-state index in [1.165, 1.54) is 0 Å². The average molecular weight is 272 g/mol. The minimum absolute atomic E-state index is 0.0533. The van der Waals surface area contributed by atoms with E-state index < -0.39 is 5.60 Å². The zero-order valence-electron chi connectivity index (χ0n) is 12.2. The van der Waals surface area contributed by atoms with E-state index >= 15 is 0 Å². The Labute approximate surface area is 120 Å². The van der Waals surface area contributed by atoms with Gasteiger partial charge in [0.1, 0.15) is 5.60 Å². The van der Waals surface area contributed by atoms with E-state index in [-0.39, 0.29) is 12.1 Å². The number of nitrogens with zero attached hydrogens (tertiary/aromatic N) is 2. The minimum Gasteiger partial charge on any atom is -0.444 e. The van der Waals surface area contributed by atoms with Crippen molar-refractivity contribution >= 4 is 6.09 Å². The van der Waals surface area contributed by atoms with Gasteiger partial charge in [-0.2, -0.15) is 5.26 Å². The zero-order valence-corrected chi connectivity index (χ0v) is 12.2. The highest BCUT2D eigenvalue weighted by Crippen LogP contribution is 2.33. The lowest BCUT2D eigenvalue weighted by Crippen LogP contribution is -2.36. The lowest BCUT2D eigenvalue weighted by molar-refractivity contribution is 0.0224. The van der Waals surface area contributed by atoms with Gasteiger partial charge < -0.3 is 9.64 Å². The summed E-state index contributed by atoms with van der Waals surface area (Å²) in [4.78, 5) is 14.0. The molecular formula is C16H20N2O2. The molecule has 0 aromatic heterocycles. The summed E-state index contributed by atoms with van der Waals surface area (Å²) >= 11 is 0. The molecule has 1 amide bonds. The van der Waals surface area contributed by atoms with Gasteiger partial charge >= 0.3 is 6.09 Å². The van der Waals surface area contributed by atoms with Crippen molar-refractivity contribution in [2.75, 3.05) is 6.54 Å². The van der Waals surface area contributed by atoms with Gasteiger partial charge in [-0.25, -0.2) is 4.79 Å². The van der Waals surface area contributed by atoms with Crippen LogP contribution in [-0.4, -0.2) is 23.1 Å². The van der Waals surface area contributed by atoms with Crippen molar-refractivity contribution in [1.82, 2.24) is 4.90 Å². The highest BCUT2D eigenvalue weighted by molar-refractivity contribution is 5.69. The third-order valence-electron chi connectivity index (χ3n) is 3.31. The number of ether oxygens (including phenoxy) is 1. The topological polar surface area (TPSA) is 53.3 Å². The number of rotatable bonds is 1. The summed E-state index contributed by atoms with van der Waals surface area (Å²) in [5.41, 5.74) is 1.22. The molecule has 1 aromatic rings. The molecule has 0 saturated carbocycles. The Morgan fingerprint density at radius 2 is 2.00 bits per heavy atom. The smallest absolute Gasteiger partial charge is 0.410 e. The van der Waals surface area contributed by atoms with Crippen molar-refractivity contribution in [2.45, 2.75) is 45.3 Å². The molecule has 1 saturated heterocycles. The number of hydrogen-bond acceptors (Lipinski definition) is 3. The molecule has 20 heavy (non-hydrogen) atoms. The number of hydrogen-bond donors (Lipinski definition) is 0. The second kappa shape index (κ2) is 5.54. The van der Waals surface area contributed by atoms with Crippen LogP contribution in [-0.2, 0) is 4.74 Å². The first-order valence-electron chi connectivity index (χ1n) is 6.90. The Hall–Kier alpha value is -2.02. The fourth-order valence-corrected chi connectivity index (χ4v) is 2.43. The predicted molar refractivity (Wildman–Crippen MR) is 76.1 cm³/mol. The Kier molecular flexibility index (Phi) is 3.99. The number of likely N-dealkylation sites (tertiary alicyclic amines) is 1. The highest BCUT2D eigenvalue weighted by atomic mass is 16.6. The van der Waals surface area contributed by atoms with Gasteiger partial charge in [0.05, 0.1) is 17.7 Å². The van der Waals surface area contributed by atoms with E-state index in [1.54, 1.807) is 17.0 Å². The molecule has 0 unspecified atom stereocenters. The zero-order chi connectivity index (χ0) is 14.8. The Balaban J connectivity index is 2.14. The van der Waals surface area contributed by atoms with Gasteiger partial charge in [-0.05, 0) is 51.3 Å². The minimum atomic E-state index is -0.477. The summed E-state index contributed by atoms with van der Waals surface area (Å²) in [6, 6.07) is 9.59. The molecule has 2 rings (SSSR count). The predicted octanol–water partition coefficient (Wildman–Crippen LogP) is 3.63. The summed E-state index contributed by atoms with van der Waals surface area (Å²) in [6.07, 6.45) is 1.65. The van der Waals surface area contributed by atoms with Gasteiger partial charge in [0.25, 0.3) is 0 Å². The van der Waals surface area contributed by atoms with Gasteiger partial charge in [0.15, 0.2) is 0 Å². The molecule has 1 aliphatic heterocycles. The maximum absolute atomic E-state index is 12.2. The normalized spacial score (nSPS) is 18.7. The van der Waals surface area contributed by atoms with Crippen LogP contribution < -0.4 is 0 Å². The third kappa shape index (κ3) is 3.30. The highest BCUT2D eigenvalue weighted by Gasteiger charge is 2.32. The van der Waals surface area contributed by atoms with Crippen molar-refractivity contribution in [3.05, 3.63) is 35.4 Å². The van der Waals surface area contributed by atoms with Crippen LogP contribution in [0.4, 0.5) is 4.79 Å². The van der Waals surface area contributed by atoms with Crippen LogP contribution in [0.3, 0.4) is 0 Å².